The van der Waals surface area contributed by atoms with Gasteiger partial charge in [-0.05, 0) is 12.1 Å². The number of hydrogen-bond donors (Lipinski definition) is 2. The van der Waals surface area contributed by atoms with E-state index in [1.54, 1.807) is 0 Å². The van der Waals surface area contributed by atoms with Crippen LogP contribution in [0.5, 0.6) is 0 Å². The lowest BCUT2D eigenvalue weighted by molar-refractivity contribution is 0.624. The molecule has 7 heteroatoms. The first kappa shape index (κ1) is 10.8. The van der Waals surface area contributed by atoms with Crippen molar-refractivity contribution in [2.45, 2.75) is 13.1 Å². The quantitative estimate of drug-likeness (QED) is 0.692. The maximum Gasteiger partial charge on any atom is 0.188 e. The molecule has 0 aliphatic carbocycles. The Morgan fingerprint density at radius 3 is 2.94 bits per heavy atom. The molecule has 2 heterocycles. The Hall–Kier alpha value is -2.28. The van der Waals surface area contributed by atoms with Gasteiger partial charge < -0.3 is 9.88 Å². The highest BCUT2D eigenvalue weighted by Crippen LogP contribution is 2.13. The Morgan fingerprint density at radius 2 is 2.17 bits per heavy atom. The van der Waals surface area contributed by atoms with Crippen LogP contribution in [0.3, 0.4) is 0 Å². The van der Waals surface area contributed by atoms with Crippen molar-refractivity contribution in [3.63, 3.8) is 0 Å². The first-order chi connectivity index (χ1) is 8.84. The molecule has 0 fully saturated rings. The van der Waals surface area contributed by atoms with Crippen LogP contribution < -0.4 is 5.32 Å². The molecule has 0 aliphatic heterocycles. The number of hydrogen-bond acceptors (Lipinski definition) is 5. The van der Waals surface area contributed by atoms with E-state index in [4.69, 9.17) is 0 Å². The fraction of sp³-hybridized carbons (Fsp3) is 0.273. The van der Waals surface area contributed by atoms with Gasteiger partial charge in [-0.1, -0.05) is 17.3 Å². The van der Waals surface area contributed by atoms with Crippen LogP contribution in [0, 0.1) is 0 Å². The summed E-state index contributed by atoms with van der Waals surface area (Å²) >= 11 is 0. The van der Waals surface area contributed by atoms with Crippen molar-refractivity contribution in [1.82, 2.24) is 35.5 Å². The number of fused-ring (bicyclic) bond motifs is 1. The summed E-state index contributed by atoms with van der Waals surface area (Å²) in [6.45, 7) is 1.24. The number of rotatable bonds is 4. The molecule has 18 heavy (non-hydrogen) atoms. The van der Waals surface area contributed by atoms with Crippen molar-refractivity contribution in [3.8, 4) is 0 Å². The van der Waals surface area contributed by atoms with Gasteiger partial charge in [-0.3, -0.25) is 0 Å². The van der Waals surface area contributed by atoms with E-state index >= 15 is 0 Å². The maximum atomic E-state index is 4.57. The number of nitrogens with one attached hydrogen (secondary N) is 2. The predicted molar refractivity (Wildman–Crippen MR) is 65.4 cm³/mol. The standard InChI is InChI=1S/C11H13N7/c1-18-9-5-3-2-4-8(9)13-11(18)7-12-6-10-14-16-17-15-10/h2-5,12H,6-7H2,1H3,(H,14,15,16,17). The zero-order valence-electron chi connectivity index (χ0n) is 9.96. The smallest absolute Gasteiger partial charge is 0.188 e. The third-order valence-corrected chi connectivity index (χ3v) is 2.84. The molecule has 3 aromatic rings. The van der Waals surface area contributed by atoms with Gasteiger partial charge in [0, 0.05) is 7.05 Å². The highest BCUT2D eigenvalue weighted by atomic mass is 15.5. The van der Waals surface area contributed by atoms with Crippen molar-refractivity contribution in [2.24, 2.45) is 7.05 Å². The molecular weight excluding hydrogens is 230 g/mol. The van der Waals surface area contributed by atoms with Crippen molar-refractivity contribution < 1.29 is 0 Å². The number of nitrogens with zero attached hydrogens (tertiary/aromatic N) is 5. The minimum absolute atomic E-state index is 0.569. The van der Waals surface area contributed by atoms with E-state index in [9.17, 15) is 0 Å². The zero-order valence-corrected chi connectivity index (χ0v) is 9.96. The number of aromatic nitrogens is 6. The lowest BCUT2D eigenvalue weighted by atomic mass is 10.3. The second-order valence-electron chi connectivity index (χ2n) is 4.01. The summed E-state index contributed by atoms with van der Waals surface area (Å²) in [5, 5.41) is 16.9. The summed E-state index contributed by atoms with van der Waals surface area (Å²) in [5.41, 5.74) is 2.14. The normalized spacial score (nSPS) is 11.2. The predicted octanol–water partition coefficient (Wildman–Crippen LogP) is 0.376. The second-order valence-corrected chi connectivity index (χ2v) is 4.01. The molecule has 2 N–H and O–H groups in total. The molecule has 0 atom stereocenters. The van der Waals surface area contributed by atoms with E-state index in [1.807, 2.05) is 25.2 Å². The Bertz CT molecular complexity index is 641. The lowest BCUT2D eigenvalue weighted by Crippen LogP contribution is -2.16. The molecule has 0 spiro atoms. The Labute approximate surface area is 103 Å². The van der Waals surface area contributed by atoms with E-state index < -0.39 is 0 Å². The topological polar surface area (TPSA) is 84.3 Å². The molecule has 0 saturated heterocycles. The molecule has 92 valence electrons. The highest BCUT2D eigenvalue weighted by molar-refractivity contribution is 5.75. The summed E-state index contributed by atoms with van der Waals surface area (Å²) in [4.78, 5) is 4.57. The summed E-state index contributed by atoms with van der Waals surface area (Å²) < 4.78 is 2.08. The number of benzene rings is 1. The van der Waals surface area contributed by atoms with Crippen LogP contribution in [-0.4, -0.2) is 30.2 Å². The van der Waals surface area contributed by atoms with Gasteiger partial charge in [0.2, 0.25) is 0 Å². The fourth-order valence-corrected chi connectivity index (χ4v) is 1.90. The molecule has 1 aromatic carbocycles. The van der Waals surface area contributed by atoms with E-state index in [0.29, 0.717) is 18.9 Å². The monoisotopic (exact) mass is 243 g/mol. The largest absolute Gasteiger partial charge is 0.330 e. The average molecular weight is 243 g/mol. The van der Waals surface area contributed by atoms with Crippen molar-refractivity contribution in [2.75, 3.05) is 0 Å². The number of tetrazole rings is 1. The van der Waals surface area contributed by atoms with Crippen LogP contribution in [0.4, 0.5) is 0 Å². The maximum absolute atomic E-state index is 4.57. The summed E-state index contributed by atoms with van der Waals surface area (Å²) in [6, 6.07) is 8.08. The van der Waals surface area contributed by atoms with Crippen LogP contribution in [0.25, 0.3) is 11.0 Å². The van der Waals surface area contributed by atoms with Crippen LogP contribution >= 0.6 is 0 Å². The van der Waals surface area contributed by atoms with Gasteiger partial charge in [0.15, 0.2) is 5.82 Å². The minimum Gasteiger partial charge on any atom is -0.330 e. The van der Waals surface area contributed by atoms with Crippen molar-refractivity contribution in [1.29, 1.82) is 0 Å². The average Bonchev–Trinajstić information content (AvgIpc) is 3.00. The van der Waals surface area contributed by atoms with Gasteiger partial charge >= 0.3 is 0 Å². The number of imidazole rings is 1. The van der Waals surface area contributed by atoms with Crippen molar-refractivity contribution in [3.05, 3.63) is 35.9 Å². The highest BCUT2D eigenvalue weighted by Gasteiger charge is 2.06. The first-order valence-corrected chi connectivity index (χ1v) is 5.68. The summed E-state index contributed by atoms with van der Waals surface area (Å²) in [7, 11) is 2.01. The van der Waals surface area contributed by atoms with Crippen molar-refractivity contribution >= 4 is 11.0 Å². The molecule has 0 radical (unpaired) electrons. The number of para-hydroxylation sites is 2. The zero-order chi connectivity index (χ0) is 12.4. The Morgan fingerprint density at radius 1 is 1.28 bits per heavy atom. The van der Waals surface area contributed by atoms with Crippen LogP contribution in [0.2, 0.25) is 0 Å². The van der Waals surface area contributed by atoms with Gasteiger partial charge in [0.05, 0.1) is 24.1 Å². The molecule has 2 aromatic heterocycles. The van der Waals surface area contributed by atoms with E-state index in [-0.39, 0.29) is 0 Å². The van der Waals surface area contributed by atoms with Crippen LogP contribution in [0.15, 0.2) is 24.3 Å². The fourth-order valence-electron chi connectivity index (χ4n) is 1.90. The molecule has 3 rings (SSSR count). The molecule has 0 amide bonds. The number of H-pyrrole nitrogens is 1. The first-order valence-electron chi connectivity index (χ1n) is 5.68. The lowest BCUT2D eigenvalue weighted by Gasteiger charge is -2.02. The van der Waals surface area contributed by atoms with Gasteiger partial charge in [0.25, 0.3) is 0 Å². The molecule has 0 aliphatic rings. The number of aryl methyl sites for hydroxylation is 1. The van der Waals surface area contributed by atoms with Crippen LogP contribution in [0.1, 0.15) is 11.6 Å². The van der Waals surface area contributed by atoms with E-state index in [0.717, 1.165) is 16.9 Å². The third kappa shape index (κ3) is 1.95. The summed E-state index contributed by atoms with van der Waals surface area (Å²) in [6.07, 6.45) is 0. The molecular formula is C11H13N7. The molecule has 0 unspecified atom stereocenters. The van der Waals surface area contributed by atoms with Gasteiger partial charge in [-0.25, -0.2) is 4.98 Å². The Kier molecular flexibility index (Phi) is 2.73. The Balaban J connectivity index is 1.73. The van der Waals surface area contributed by atoms with Gasteiger partial charge in [-0.15, -0.1) is 10.2 Å². The molecule has 7 nitrogen and oxygen atoms in total. The molecule has 0 bridgehead atoms. The van der Waals surface area contributed by atoms with Gasteiger partial charge in [-0.2, -0.15) is 5.21 Å². The van der Waals surface area contributed by atoms with E-state index in [2.05, 4.69) is 41.6 Å². The molecule has 0 saturated carbocycles. The van der Waals surface area contributed by atoms with Gasteiger partial charge in [0.1, 0.15) is 5.82 Å². The van der Waals surface area contributed by atoms with E-state index in [1.165, 1.54) is 0 Å². The summed E-state index contributed by atoms with van der Waals surface area (Å²) in [5.74, 6) is 1.63. The third-order valence-electron chi connectivity index (χ3n) is 2.84. The SMILES string of the molecule is Cn1c(CNCc2nn[nH]n2)nc2ccccc21. The number of aromatic amines is 1. The second kappa shape index (κ2) is 4.53. The van der Waals surface area contributed by atoms with Crippen LogP contribution in [-0.2, 0) is 20.1 Å². The minimum atomic E-state index is 0.569.